The summed E-state index contributed by atoms with van der Waals surface area (Å²) in [4.78, 5) is 20.3. The van der Waals surface area contributed by atoms with Crippen molar-refractivity contribution >= 4 is 40.7 Å². The van der Waals surface area contributed by atoms with Crippen LogP contribution in [0.15, 0.2) is 30.5 Å². The van der Waals surface area contributed by atoms with Gasteiger partial charge in [-0.1, -0.05) is 23.2 Å². The van der Waals surface area contributed by atoms with E-state index >= 15 is 0 Å². The number of nitrogens with zero attached hydrogens (tertiary/aromatic N) is 2. The summed E-state index contributed by atoms with van der Waals surface area (Å²) >= 11 is 12.0. The Balaban J connectivity index is 2.04. The van der Waals surface area contributed by atoms with E-state index in [1.807, 2.05) is 0 Å². The average Bonchev–Trinajstić information content (AvgIpc) is 2.55. The summed E-state index contributed by atoms with van der Waals surface area (Å²) in [5.74, 6) is -0.0116. The standard InChI is InChI=1S/C15H16Cl2N4O2/c1-23-8-2-6-18-14(22)12-5-7-19-15(20-12)21-13-9-10(16)3-4-11(13)17/h3-5,7,9H,2,6,8H2,1H3,(H,18,22)(H,19,20,21). The van der Waals surface area contributed by atoms with Gasteiger partial charge in [-0.05, 0) is 30.7 Å². The maximum absolute atomic E-state index is 12.0. The SMILES string of the molecule is COCCCNC(=O)c1ccnc(Nc2cc(Cl)ccc2Cl)n1. The van der Waals surface area contributed by atoms with Crippen molar-refractivity contribution in [3.05, 3.63) is 46.2 Å². The molecule has 1 heterocycles. The van der Waals surface area contributed by atoms with Gasteiger partial charge < -0.3 is 15.4 Å². The van der Waals surface area contributed by atoms with Gasteiger partial charge in [-0.3, -0.25) is 4.79 Å². The van der Waals surface area contributed by atoms with Crippen molar-refractivity contribution in [1.29, 1.82) is 0 Å². The number of benzene rings is 1. The second-order valence-electron chi connectivity index (χ2n) is 4.62. The fourth-order valence-corrected chi connectivity index (χ4v) is 2.11. The van der Waals surface area contributed by atoms with E-state index in [-0.39, 0.29) is 17.5 Å². The number of rotatable bonds is 7. The first-order valence-corrected chi connectivity index (χ1v) is 7.68. The summed E-state index contributed by atoms with van der Waals surface area (Å²) in [5, 5.41) is 6.72. The highest BCUT2D eigenvalue weighted by molar-refractivity contribution is 6.35. The number of amides is 1. The Hall–Kier alpha value is -1.89. The van der Waals surface area contributed by atoms with Crippen LogP contribution in [0.5, 0.6) is 0 Å². The third-order valence-corrected chi connectivity index (χ3v) is 3.44. The average molecular weight is 355 g/mol. The molecule has 0 bridgehead atoms. The summed E-state index contributed by atoms with van der Waals surface area (Å²) in [5.41, 5.74) is 0.829. The minimum atomic E-state index is -0.274. The lowest BCUT2D eigenvalue weighted by molar-refractivity contribution is 0.0943. The molecular weight excluding hydrogens is 339 g/mol. The molecule has 0 aliphatic heterocycles. The van der Waals surface area contributed by atoms with Crippen molar-refractivity contribution in [3.8, 4) is 0 Å². The second kappa shape index (κ2) is 8.67. The van der Waals surface area contributed by atoms with Gasteiger partial charge in [0.1, 0.15) is 5.69 Å². The molecular formula is C15H16Cl2N4O2. The van der Waals surface area contributed by atoms with E-state index in [1.165, 1.54) is 12.3 Å². The van der Waals surface area contributed by atoms with Crippen molar-refractivity contribution in [2.75, 3.05) is 25.6 Å². The fourth-order valence-electron chi connectivity index (χ4n) is 1.77. The van der Waals surface area contributed by atoms with Crippen LogP contribution in [0.1, 0.15) is 16.9 Å². The molecule has 8 heteroatoms. The predicted molar refractivity (Wildman–Crippen MR) is 90.6 cm³/mol. The monoisotopic (exact) mass is 354 g/mol. The molecule has 2 rings (SSSR count). The van der Waals surface area contributed by atoms with E-state index in [9.17, 15) is 4.79 Å². The number of carbonyl (C=O) groups excluding carboxylic acids is 1. The highest BCUT2D eigenvalue weighted by Crippen LogP contribution is 2.27. The molecule has 0 radical (unpaired) electrons. The normalized spacial score (nSPS) is 10.4. The van der Waals surface area contributed by atoms with Crippen molar-refractivity contribution < 1.29 is 9.53 Å². The zero-order valence-electron chi connectivity index (χ0n) is 12.5. The van der Waals surface area contributed by atoms with Crippen molar-refractivity contribution in [1.82, 2.24) is 15.3 Å². The predicted octanol–water partition coefficient (Wildman–Crippen LogP) is 3.29. The smallest absolute Gasteiger partial charge is 0.270 e. The van der Waals surface area contributed by atoms with Gasteiger partial charge in [-0.2, -0.15) is 0 Å². The first kappa shape index (κ1) is 17.5. The topological polar surface area (TPSA) is 76.1 Å². The molecule has 2 aromatic rings. The van der Waals surface area contributed by atoms with Crippen LogP contribution in [-0.2, 0) is 4.74 Å². The van der Waals surface area contributed by atoms with Crippen molar-refractivity contribution in [2.24, 2.45) is 0 Å². The number of carbonyl (C=O) groups is 1. The lowest BCUT2D eigenvalue weighted by Crippen LogP contribution is -2.26. The molecule has 1 aromatic carbocycles. The first-order chi connectivity index (χ1) is 11.1. The van der Waals surface area contributed by atoms with E-state index in [0.717, 1.165) is 6.42 Å². The van der Waals surface area contributed by atoms with E-state index in [4.69, 9.17) is 27.9 Å². The molecule has 122 valence electrons. The van der Waals surface area contributed by atoms with Gasteiger partial charge in [0, 0.05) is 31.5 Å². The third kappa shape index (κ3) is 5.35. The molecule has 0 atom stereocenters. The summed E-state index contributed by atoms with van der Waals surface area (Å²) < 4.78 is 4.93. The lowest BCUT2D eigenvalue weighted by Gasteiger charge is -2.09. The van der Waals surface area contributed by atoms with Gasteiger partial charge in [0.15, 0.2) is 0 Å². The van der Waals surface area contributed by atoms with Crippen LogP contribution >= 0.6 is 23.2 Å². The summed E-state index contributed by atoms with van der Waals surface area (Å²) in [6.45, 7) is 1.10. The van der Waals surface area contributed by atoms with Gasteiger partial charge in [0.05, 0.1) is 10.7 Å². The largest absolute Gasteiger partial charge is 0.385 e. The van der Waals surface area contributed by atoms with Crippen LogP contribution in [0.3, 0.4) is 0 Å². The number of aromatic nitrogens is 2. The number of methoxy groups -OCH3 is 1. The molecule has 1 aromatic heterocycles. The maximum atomic E-state index is 12.0. The molecule has 0 aliphatic carbocycles. The second-order valence-corrected chi connectivity index (χ2v) is 5.46. The number of hydrogen-bond acceptors (Lipinski definition) is 5. The molecule has 0 aliphatic rings. The van der Waals surface area contributed by atoms with Crippen LogP contribution in [0, 0.1) is 0 Å². The van der Waals surface area contributed by atoms with E-state index < -0.39 is 0 Å². The highest BCUT2D eigenvalue weighted by atomic mass is 35.5. The van der Waals surface area contributed by atoms with Crippen LogP contribution in [0.25, 0.3) is 0 Å². The van der Waals surface area contributed by atoms with E-state index in [1.54, 1.807) is 25.3 Å². The van der Waals surface area contributed by atoms with Crippen LogP contribution in [0.4, 0.5) is 11.6 Å². The van der Waals surface area contributed by atoms with Gasteiger partial charge >= 0.3 is 0 Å². The fraction of sp³-hybridized carbons (Fsp3) is 0.267. The molecule has 0 saturated carbocycles. The lowest BCUT2D eigenvalue weighted by atomic mass is 10.3. The zero-order valence-corrected chi connectivity index (χ0v) is 14.0. The summed E-state index contributed by atoms with van der Waals surface area (Å²) in [7, 11) is 1.62. The minimum Gasteiger partial charge on any atom is -0.385 e. The Morgan fingerprint density at radius 1 is 1.30 bits per heavy atom. The summed E-state index contributed by atoms with van der Waals surface area (Å²) in [6, 6.07) is 6.54. The number of nitrogens with one attached hydrogen (secondary N) is 2. The Labute approximate surface area is 144 Å². The van der Waals surface area contributed by atoms with Gasteiger partial charge in [-0.25, -0.2) is 9.97 Å². The molecule has 2 N–H and O–H groups in total. The highest BCUT2D eigenvalue weighted by Gasteiger charge is 2.09. The number of ether oxygens (including phenoxy) is 1. The Kier molecular flexibility index (Phi) is 6.58. The van der Waals surface area contributed by atoms with E-state index in [0.29, 0.717) is 28.9 Å². The first-order valence-electron chi connectivity index (χ1n) is 6.92. The molecule has 0 fully saturated rings. The van der Waals surface area contributed by atoms with Gasteiger partial charge in [0.25, 0.3) is 5.91 Å². The quantitative estimate of drug-likeness (QED) is 0.746. The molecule has 1 amide bonds. The molecule has 23 heavy (non-hydrogen) atoms. The van der Waals surface area contributed by atoms with Gasteiger partial charge in [-0.15, -0.1) is 0 Å². The van der Waals surface area contributed by atoms with Crippen molar-refractivity contribution in [3.63, 3.8) is 0 Å². The van der Waals surface area contributed by atoms with Crippen LogP contribution in [-0.4, -0.2) is 36.1 Å². The summed E-state index contributed by atoms with van der Waals surface area (Å²) in [6.07, 6.45) is 2.23. The molecule has 0 unspecified atom stereocenters. The molecule has 0 saturated heterocycles. The molecule has 6 nitrogen and oxygen atoms in total. The number of anilines is 2. The maximum Gasteiger partial charge on any atom is 0.270 e. The Bertz CT molecular complexity index is 682. The Morgan fingerprint density at radius 2 is 2.13 bits per heavy atom. The number of halogens is 2. The third-order valence-electron chi connectivity index (χ3n) is 2.87. The van der Waals surface area contributed by atoms with E-state index in [2.05, 4.69) is 20.6 Å². The van der Waals surface area contributed by atoms with Crippen molar-refractivity contribution in [2.45, 2.75) is 6.42 Å². The molecule has 0 spiro atoms. The van der Waals surface area contributed by atoms with Crippen LogP contribution < -0.4 is 10.6 Å². The minimum absolute atomic E-state index is 0.262. The zero-order chi connectivity index (χ0) is 16.7. The Morgan fingerprint density at radius 3 is 2.91 bits per heavy atom. The van der Waals surface area contributed by atoms with Crippen LogP contribution in [0.2, 0.25) is 10.0 Å². The number of hydrogen-bond donors (Lipinski definition) is 2. The van der Waals surface area contributed by atoms with Gasteiger partial charge in [0.2, 0.25) is 5.95 Å².